The fraction of sp³-hybridized carbons (Fsp3) is 0.400. The number of amides is 1. The maximum Gasteiger partial charge on any atom is 0.262 e. The first kappa shape index (κ1) is 24.0. The van der Waals surface area contributed by atoms with E-state index in [0.717, 1.165) is 5.56 Å². The van der Waals surface area contributed by atoms with Gasteiger partial charge in [0.25, 0.3) is 5.56 Å². The minimum absolute atomic E-state index is 0.00678. The van der Waals surface area contributed by atoms with Crippen molar-refractivity contribution in [1.29, 1.82) is 0 Å². The van der Waals surface area contributed by atoms with Crippen LogP contribution in [0, 0.1) is 6.92 Å². The SMILES string of the molecule is Cc1ccc(CN(C)C(=O)CSc2nc3ccccc3c(=O)n2CCCOC(C)C)cc1. The molecule has 0 aliphatic rings. The van der Waals surface area contributed by atoms with Crippen LogP contribution in [0.25, 0.3) is 10.9 Å². The van der Waals surface area contributed by atoms with E-state index in [1.165, 1.54) is 17.3 Å². The van der Waals surface area contributed by atoms with Gasteiger partial charge in [-0.1, -0.05) is 53.7 Å². The highest BCUT2D eigenvalue weighted by atomic mass is 32.2. The lowest BCUT2D eigenvalue weighted by Gasteiger charge is -2.18. The Kier molecular flexibility index (Phi) is 8.47. The van der Waals surface area contributed by atoms with Crippen LogP contribution in [0.2, 0.25) is 0 Å². The smallest absolute Gasteiger partial charge is 0.262 e. The summed E-state index contributed by atoms with van der Waals surface area (Å²) in [5.41, 5.74) is 2.85. The van der Waals surface area contributed by atoms with Gasteiger partial charge in [-0.05, 0) is 44.9 Å². The lowest BCUT2D eigenvalue weighted by molar-refractivity contribution is -0.127. The van der Waals surface area contributed by atoms with Crippen LogP contribution in [0.5, 0.6) is 0 Å². The molecule has 0 aliphatic carbocycles. The van der Waals surface area contributed by atoms with Gasteiger partial charge in [0.05, 0.1) is 22.8 Å². The molecule has 0 saturated heterocycles. The average Bonchev–Trinajstić information content (AvgIpc) is 2.77. The van der Waals surface area contributed by atoms with Crippen LogP contribution in [0.4, 0.5) is 0 Å². The van der Waals surface area contributed by atoms with Crippen LogP contribution in [0.3, 0.4) is 0 Å². The number of hydrogen-bond donors (Lipinski definition) is 0. The molecule has 7 heteroatoms. The molecule has 1 heterocycles. The topological polar surface area (TPSA) is 64.4 Å². The number of aryl methyl sites for hydroxylation is 1. The van der Waals surface area contributed by atoms with E-state index in [-0.39, 0.29) is 23.3 Å². The number of para-hydroxylation sites is 1. The predicted octanol–water partition coefficient (Wildman–Crippen LogP) is 4.27. The molecule has 0 fully saturated rings. The van der Waals surface area contributed by atoms with E-state index in [9.17, 15) is 9.59 Å². The molecule has 0 atom stereocenters. The molecule has 170 valence electrons. The number of hydrogen-bond acceptors (Lipinski definition) is 5. The number of rotatable bonds is 10. The standard InChI is InChI=1S/C25H31N3O3S/c1-18(2)31-15-7-14-28-24(30)21-8-5-6-9-22(21)26-25(28)32-17-23(29)27(4)16-20-12-10-19(3)11-13-20/h5-6,8-13,18H,7,14-17H2,1-4H3. The van der Waals surface area contributed by atoms with Crippen molar-refractivity contribution >= 4 is 28.6 Å². The predicted molar refractivity (Wildman–Crippen MR) is 130 cm³/mol. The van der Waals surface area contributed by atoms with Crippen LogP contribution >= 0.6 is 11.8 Å². The molecule has 32 heavy (non-hydrogen) atoms. The van der Waals surface area contributed by atoms with Crippen molar-refractivity contribution in [2.75, 3.05) is 19.4 Å². The third kappa shape index (κ3) is 6.43. The lowest BCUT2D eigenvalue weighted by Crippen LogP contribution is -2.29. The largest absolute Gasteiger partial charge is 0.379 e. The fourth-order valence-corrected chi connectivity index (χ4v) is 4.25. The molecular formula is C25H31N3O3S. The van der Waals surface area contributed by atoms with Crippen molar-refractivity contribution in [2.45, 2.75) is 51.5 Å². The number of ether oxygens (including phenoxy) is 1. The average molecular weight is 454 g/mol. The fourth-order valence-electron chi connectivity index (χ4n) is 3.29. The normalized spacial score (nSPS) is 11.3. The highest BCUT2D eigenvalue weighted by Gasteiger charge is 2.15. The summed E-state index contributed by atoms with van der Waals surface area (Å²) < 4.78 is 7.29. The Hall–Kier alpha value is -2.64. The Balaban J connectivity index is 1.72. The van der Waals surface area contributed by atoms with Gasteiger partial charge < -0.3 is 9.64 Å². The highest BCUT2D eigenvalue weighted by Crippen LogP contribution is 2.19. The van der Waals surface area contributed by atoms with Crippen LogP contribution in [-0.4, -0.2) is 45.9 Å². The third-order valence-electron chi connectivity index (χ3n) is 5.09. The summed E-state index contributed by atoms with van der Waals surface area (Å²) in [5, 5.41) is 1.15. The number of carbonyl (C=O) groups excluding carboxylic acids is 1. The monoisotopic (exact) mass is 453 g/mol. The van der Waals surface area contributed by atoms with Gasteiger partial charge in [-0.3, -0.25) is 14.2 Å². The number of nitrogens with zero attached hydrogens (tertiary/aromatic N) is 3. The van der Waals surface area contributed by atoms with Gasteiger partial charge in [-0.2, -0.15) is 0 Å². The molecule has 0 aliphatic heterocycles. The zero-order valence-corrected chi connectivity index (χ0v) is 20.0. The maximum atomic E-state index is 13.1. The van der Waals surface area contributed by atoms with Gasteiger partial charge >= 0.3 is 0 Å². The van der Waals surface area contributed by atoms with Crippen molar-refractivity contribution in [3.63, 3.8) is 0 Å². The zero-order valence-electron chi connectivity index (χ0n) is 19.2. The molecule has 0 bridgehead atoms. The van der Waals surface area contributed by atoms with Crippen molar-refractivity contribution in [1.82, 2.24) is 14.5 Å². The first-order valence-corrected chi connectivity index (χ1v) is 11.9. The minimum atomic E-state index is -0.0805. The summed E-state index contributed by atoms with van der Waals surface area (Å²) in [6.45, 7) is 7.64. The van der Waals surface area contributed by atoms with Crippen LogP contribution in [0.1, 0.15) is 31.4 Å². The van der Waals surface area contributed by atoms with Crippen molar-refractivity contribution in [2.24, 2.45) is 0 Å². The van der Waals surface area contributed by atoms with Crippen LogP contribution in [0.15, 0.2) is 58.5 Å². The summed E-state index contributed by atoms with van der Waals surface area (Å²) in [4.78, 5) is 32.2. The maximum absolute atomic E-state index is 13.1. The number of fused-ring (bicyclic) bond motifs is 1. The summed E-state index contributed by atoms with van der Waals surface area (Å²) in [5.74, 6) is 0.211. The van der Waals surface area contributed by atoms with E-state index >= 15 is 0 Å². The van der Waals surface area contributed by atoms with E-state index in [1.54, 1.807) is 22.6 Å². The summed E-state index contributed by atoms with van der Waals surface area (Å²) in [7, 11) is 1.80. The number of benzene rings is 2. The second kappa shape index (κ2) is 11.3. The van der Waals surface area contributed by atoms with Crippen LogP contribution in [-0.2, 0) is 22.6 Å². The molecule has 1 aromatic heterocycles. The molecule has 6 nitrogen and oxygen atoms in total. The second-order valence-corrected chi connectivity index (χ2v) is 9.11. The summed E-state index contributed by atoms with van der Waals surface area (Å²) >= 11 is 1.31. The first-order valence-electron chi connectivity index (χ1n) is 10.9. The molecule has 2 aromatic carbocycles. The Morgan fingerprint density at radius 3 is 2.59 bits per heavy atom. The van der Waals surface area contributed by atoms with Crippen molar-refractivity contribution in [3.05, 3.63) is 70.0 Å². The molecule has 3 aromatic rings. The van der Waals surface area contributed by atoms with Gasteiger partial charge in [0, 0.05) is 26.7 Å². The molecule has 0 N–H and O–H groups in total. The molecule has 0 radical (unpaired) electrons. The molecule has 3 rings (SSSR count). The van der Waals surface area contributed by atoms with Gasteiger partial charge in [0.15, 0.2) is 5.16 Å². The van der Waals surface area contributed by atoms with E-state index < -0.39 is 0 Å². The molecular weight excluding hydrogens is 422 g/mol. The second-order valence-electron chi connectivity index (χ2n) is 8.17. The lowest BCUT2D eigenvalue weighted by atomic mass is 10.1. The molecule has 1 amide bonds. The Morgan fingerprint density at radius 1 is 1.16 bits per heavy atom. The van der Waals surface area contributed by atoms with Gasteiger partial charge in [-0.25, -0.2) is 4.98 Å². The van der Waals surface area contributed by atoms with Crippen LogP contribution < -0.4 is 5.56 Å². The third-order valence-corrected chi connectivity index (χ3v) is 6.06. The number of aromatic nitrogens is 2. The van der Waals surface area contributed by atoms with Gasteiger partial charge in [-0.15, -0.1) is 0 Å². The Morgan fingerprint density at radius 2 is 1.88 bits per heavy atom. The quantitative estimate of drug-likeness (QED) is 0.261. The van der Waals surface area contributed by atoms with E-state index in [2.05, 4.69) is 4.98 Å². The van der Waals surface area contributed by atoms with E-state index in [1.807, 2.05) is 63.2 Å². The number of carbonyl (C=O) groups is 1. The zero-order chi connectivity index (χ0) is 23.1. The molecule has 0 spiro atoms. The molecule has 0 unspecified atom stereocenters. The summed E-state index contributed by atoms with van der Waals surface area (Å²) in [6.07, 6.45) is 0.851. The molecule has 0 saturated carbocycles. The Labute approximate surface area is 193 Å². The summed E-state index contributed by atoms with van der Waals surface area (Å²) in [6, 6.07) is 15.5. The highest BCUT2D eigenvalue weighted by molar-refractivity contribution is 7.99. The van der Waals surface area contributed by atoms with Gasteiger partial charge in [0.1, 0.15) is 0 Å². The number of thioether (sulfide) groups is 1. The Bertz CT molecular complexity index is 1110. The van der Waals surface area contributed by atoms with Gasteiger partial charge in [0.2, 0.25) is 5.91 Å². The first-order chi connectivity index (χ1) is 15.3. The van der Waals surface area contributed by atoms with Crippen molar-refractivity contribution in [3.8, 4) is 0 Å². The van der Waals surface area contributed by atoms with E-state index in [4.69, 9.17) is 4.74 Å². The minimum Gasteiger partial charge on any atom is -0.379 e. The van der Waals surface area contributed by atoms with Crippen molar-refractivity contribution < 1.29 is 9.53 Å². The van der Waals surface area contributed by atoms with E-state index in [0.29, 0.717) is 42.2 Å².